The summed E-state index contributed by atoms with van der Waals surface area (Å²) in [6, 6.07) is 4.01. The summed E-state index contributed by atoms with van der Waals surface area (Å²) in [6.07, 6.45) is 4.06. The van der Waals surface area contributed by atoms with Crippen molar-refractivity contribution < 1.29 is 4.79 Å². The van der Waals surface area contributed by atoms with Gasteiger partial charge in [0.25, 0.3) is 0 Å². The molecule has 0 aliphatic heterocycles. The number of rotatable bonds is 4. The lowest BCUT2D eigenvalue weighted by molar-refractivity contribution is -0.115. The van der Waals surface area contributed by atoms with Crippen LogP contribution in [-0.2, 0) is 11.2 Å². The monoisotopic (exact) mass is 346 g/mol. The Hall–Kier alpha value is -2.03. The number of aromatic nitrogens is 3. The molecule has 110 valence electrons. The van der Waals surface area contributed by atoms with Crippen LogP contribution in [0.3, 0.4) is 0 Å². The van der Waals surface area contributed by atoms with Gasteiger partial charge in [0.05, 0.1) is 22.7 Å². The molecule has 0 spiro atoms. The highest BCUT2D eigenvalue weighted by Gasteiger charge is 2.11. The molecule has 8 heteroatoms. The van der Waals surface area contributed by atoms with Crippen LogP contribution in [-0.4, -0.2) is 20.3 Å². The molecule has 0 bridgehead atoms. The summed E-state index contributed by atoms with van der Waals surface area (Å²) in [5, 5.41) is 9.39. The third-order valence-corrected chi connectivity index (χ3v) is 5.43. The third kappa shape index (κ3) is 2.68. The number of nitrogens with one attached hydrogen (secondary N) is 1. The normalized spacial score (nSPS) is 11.1. The highest BCUT2D eigenvalue weighted by atomic mass is 32.1. The van der Waals surface area contributed by atoms with Crippen molar-refractivity contribution in [3.05, 3.63) is 46.4 Å². The minimum Gasteiger partial charge on any atom is -0.302 e. The highest BCUT2D eigenvalue weighted by molar-refractivity contribution is 7.16. The number of thiophene rings is 1. The van der Waals surface area contributed by atoms with Crippen LogP contribution < -0.4 is 5.32 Å². The van der Waals surface area contributed by atoms with E-state index in [2.05, 4.69) is 15.3 Å². The van der Waals surface area contributed by atoms with E-state index in [1.54, 1.807) is 22.7 Å². The Bertz CT molecular complexity index is 891. The average Bonchev–Trinajstić information content (AvgIpc) is 3.22. The van der Waals surface area contributed by atoms with Gasteiger partial charge in [-0.05, 0) is 11.4 Å². The van der Waals surface area contributed by atoms with Crippen LogP contribution in [0.2, 0.25) is 0 Å². The number of amides is 1. The van der Waals surface area contributed by atoms with Gasteiger partial charge in [0.15, 0.2) is 10.1 Å². The molecule has 1 amide bonds. The molecule has 22 heavy (non-hydrogen) atoms. The number of hydrogen-bond donors (Lipinski definition) is 1. The molecule has 5 nitrogen and oxygen atoms in total. The summed E-state index contributed by atoms with van der Waals surface area (Å²) < 4.78 is 1.92. The molecule has 0 saturated heterocycles. The molecule has 0 fully saturated rings. The lowest BCUT2D eigenvalue weighted by Gasteiger charge is -1.98. The van der Waals surface area contributed by atoms with Crippen LogP contribution in [0.1, 0.15) is 5.69 Å². The van der Waals surface area contributed by atoms with Crippen molar-refractivity contribution >= 4 is 50.0 Å². The van der Waals surface area contributed by atoms with Crippen molar-refractivity contribution in [2.45, 2.75) is 6.42 Å². The van der Waals surface area contributed by atoms with E-state index >= 15 is 0 Å². The molecular formula is C14H10N4OS3. The largest absolute Gasteiger partial charge is 0.302 e. The number of anilines is 1. The minimum absolute atomic E-state index is 0.0992. The van der Waals surface area contributed by atoms with Gasteiger partial charge in [-0.3, -0.25) is 9.20 Å². The third-order valence-electron chi connectivity index (χ3n) is 3.01. The zero-order chi connectivity index (χ0) is 14.9. The number of carbonyl (C=O) groups excluding carboxylic acids is 1. The molecule has 0 aliphatic rings. The second-order valence-corrected chi connectivity index (χ2v) is 7.24. The van der Waals surface area contributed by atoms with Crippen molar-refractivity contribution in [1.29, 1.82) is 0 Å². The second kappa shape index (κ2) is 5.64. The molecule has 0 aromatic carbocycles. The van der Waals surface area contributed by atoms with Gasteiger partial charge in [0, 0.05) is 23.2 Å². The zero-order valence-corrected chi connectivity index (χ0v) is 13.7. The molecule has 0 saturated carbocycles. The molecule has 0 atom stereocenters. The van der Waals surface area contributed by atoms with Crippen molar-refractivity contribution in [1.82, 2.24) is 14.4 Å². The summed E-state index contributed by atoms with van der Waals surface area (Å²) in [5.41, 5.74) is 1.66. The van der Waals surface area contributed by atoms with Crippen LogP contribution in [0, 0.1) is 0 Å². The van der Waals surface area contributed by atoms with Crippen LogP contribution in [0.5, 0.6) is 0 Å². The second-order valence-electron chi connectivity index (χ2n) is 4.57. The van der Waals surface area contributed by atoms with E-state index in [1.165, 1.54) is 11.3 Å². The summed E-state index contributed by atoms with van der Waals surface area (Å²) in [6.45, 7) is 0. The van der Waals surface area contributed by atoms with E-state index < -0.39 is 0 Å². The van der Waals surface area contributed by atoms with E-state index in [9.17, 15) is 4.79 Å². The molecule has 4 rings (SSSR count). The van der Waals surface area contributed by atoms with Crippen LogP contribution in [0.15, 0.2) is 40.7 Å². The number of hydrogen-bond acceptors (Lipinski definition) is 6. The number of thiazole rings is 2. The first-order chi connectivity index (χ1) is 10.8. The lowest BCUT2D eigenvalue weighted by atomic mass is 10.3. The molecule has 0 aliphatic carbocycles. The van der Waals surface area contributed by atoms with Crippen LogP contribution in [0.25, 0.3) is 15.5 Å². The van der Waals surface area contributed by atoms with E-state index in [-0.39, 0.29) is 12.3 Å². The predicted octanol–water partition coefficient (Wildman–Crippen LogP) is 3.76. The predicted molar refractivity (Wildman–Crippen MR) is 90.8 cm³/mol. The quantitative estimate of drug-likeness (QED) is 0.612. The van der Waals surface area contributed by atoms with Gasteiger partial charge in [-0.1, -0.05) is 6.07 Å². The smallest absolute Gasteiger partial charge is 0.232 e. The molecule has 1 N–H and O–H groups in total. The van der Waals surface area contributed by atoms with Crippen molar-refractivity contribution in [2.24, 2.45) is 0 Å². The van der Waals surface area contributed by atoms with E-state index in [0.717, 1.165) is 21.2 Å². The summed E-state index contributed by atoms with van der Waals surface area (Å²) >= 11 is 4.62. The van der Waals surface area contributed by atoms with Gasteiger partial charge in [-0.2, -0.15) is 0 Å². The Labute approximate surface area is 137 Å². The van der Waals surface area contributed by atoms with Crippen molar-refractivity contribution in [2.75, 3.05) is 5.32 Å². The fourth-order valence-electron chi connectivity index (χ4n) is 2.06. The Morgan fingerprint density at radius 3 is 3.00 bits per heavy atom. The van der Waals surface area contributed by atoms with Gasteiger partial charge in [-0.15, -0.1) is 34.0 Å². The van der Waals surface area contributed by atoms with Gasteiger partial charge < -0.3 is 5.32 Å². The van der Waals surface area contributed by atoms with E-state index in [4.69, 9.17) is 0 Å². The Morgan fingerprint density at radius 1 is 1.23 bits per heavy atom. The van der Waals surface area contributed by atoms with Crippen LogP contribution >= 0.6 is 34.0 Å². The molecule has 4 heterocycles. The lowest BCUT2D eigenvalue weighted by Crippen LogP contribution is -2.14. The van der Waals surface area contributed by atoms with Crippen LogP contribution in [0.4, 0.5) is 5.13 Å². The fraction of sp³-hybridized carbons (Fsp3) is 0.0714. The Morgan fingerprint density at radius 2 is 2.18 bits per heavy atom. The summed E-state index contributed by atoms with van der Waals surface area (Å²) in [4.78, 5) is 22.9. The standard InChI is InChI=1S/C14H10N4OS3/c19-12(6-9-7-18-3-5-21-14(18)15-9)17-13-16-10(8-22-13)11-2-1-4-20-11/h1-5,7-8H,6H2,(H,16,17,19). The first-order valence-electron chi connectivity index (χ1n) is 6.48. The molecule has 4 aromatic heterocycles. The fourth-order valence-corrected chi connectivity index (χ4v) is 4.26. The first-order valence-corrected chi connectivity index (χ1v) is 9.12. The number of imidazole rings is 1. The van der Waals surface area contributed by atoms with Gasteiger partial charge in [0.1, 0.15) is 0 Å². The average molecular weight is 346 g/mol. The Kier molecular flexibility index (Phi) is 3.49. The molecular weight excluding hydrogens is 336 g/mol. The first kappa shape index (κ1) is 13.6. The van der Waals surface area contributed by atoms with Crippen molar-refractivity contribution in [3.8, 4) is 10.6 Å². The Balaban J connectivity index is 1.44. The van der Waals surface area contributed by atoms with Crippen molar-refractivity contribution in [3.63, 3.8) is 0 Å². The summed E-state index contributed by atoms with van der Waals surface area (Å²) in [7, 11) is 0. The maximum Gasteiger partial charge on any atom is 0.232 e. The molecule has 0 unspecified atom stereocenters. The zero-order valence-electron chi connectivity index (χ0n) is 11.2. The van der Waals surface area contributed by atoms with Gasteiger partial charge >= 0.3 is 0 Å². The van der Waals surface area contributed by atoms with Gasteiger partial charge in [0.2, 0.25) is 5.91 Å². The number of fused-ring (bicyclic) bond motifs is 1. The maximum absolute atomic E-state index is 12.1. The topological polar surface area (TPSA) is 59.3 Å². The SMILES string of the molecule is O=C(Cc1cn2ccsc2n1)Nc1nc(-c2cccs2)cs1. The minimum atomic E-state index is -0.0992. The number of carbonyl (C=O) groups is 1. The van der Waals surface area contributed by atoms with E-state index in [1.807, 2.05) is 45.1 Å². The molecule has 4 aromatic rings. The van der Waals surface area contributed by atoms with Gasteiger partial charge in [-0.25, -0.2) is 9.97 Å². The van der Waals surface area contributed by atoms with E-state index in [0.29, 0.717) is 5.13 Å². The highest BCUT2D eigenvalue weighted by Crippen LogP contribution is 2.28. The maximum atomic E-state index is 12.1. The molecule has 0 radical (unpaired) electrons. The number of nitrogens with zero attached hydrogens (tertiary/aromatic N) is 3. The summed E-state index contributed by atoms with van der Waals surface area (Å²) in [5.74, 6) is -0.0992.